The number of benzene rings is 1. The van der Waals surface area contributed by atoms with Gasteiger partial charge in [-0.05, 0) is 30.9 Å². The van der Waals surface area contributed by atoms with E-state index in [-0.39, 0.29) is 10.9 Å². The van der Waals surface area contributed by atoms with Crippen molar-refractivity contribution in [3.8, 4) is 0 Å². The van der Waals surface area contributed by atoms with Crippen molar-refractivity contribution in [3.05, 3.63) is 47.3 Å². The van der Waals surface area contributed by atoms with E-state index in [1.807, 2.05) is 6.92 Å². The number of sulfonamides is 1. The van der Waals surface area contributed by atoms with Gasteiger partial charge >= 0.3 is 0 Å². The number of hydrogen-bond donors (Lipinski definition) is 2. The van der Waals surface area contributed by atoms with E-state index in [2.05, 4.69) is 33.1 Å². The van der Waals surface area contributed by atoms with Crippen LogP contribution in [-0.4, -0.2) is 18.6 Å². The summed E-state index contributed by atoms with van der Waals surface area (Å²) in [5.74, 6) is 0. The van der Waals surface area contributed by atoms with Gasteiger partial charge in [-0.2, -0.15) is 5.10 Å². The zero-order chi connectivity index (χ0) is 13.5. The average molecular weight is 277 g/mol. The lowest BCUT2D eigenvalue weighted by atomic mass is 10.1. The van der Waals surface area contributed by atoms with Crippen LogP contribution in [0.5, 0.6) is 0 Å². The second kappa shape index (κ2) is 4.47. The lowest BCUT2D eigenvalue weighted by molar-refractivity contribution is 0.554. The van der Waals surface area contributed by atoms with Gasteiger partial charge in [0.25, 0.3) is 0 Å². The number of H-pyrrole nitrogens is 1. The van der Waals surface area contributed by atoms with E-state index in [1.54, 1.807) is 0 Å². The van der Waals surface area contributed by atoms with Crippen LogP contribution in [0.15, 0.2) is 35.5 Å². The van der Waals surface area contributed by atoms with Crippen molar-refractivity contribution in [2.75, 3.05) is 0 Å². The highest BCUT2D eigenvalue weighted by Crippen LogP contribution is 2.32. The summed E-state index contributed by atoms with van der Waals surface area (Å²) >= 11 is 0. The van der Waals surface area contributed by atoms with E-state index in [0.29, 0.717) is 0 Å². The summed E-state index contributed by atoms with van der Waals surface area (Å²) in [5.41, 5.74) is 3.46. The number of rotatable bonds is 3. The topological polar surface area (TPSA) is 74.8 Å². The van der Waals surface area contributed by atoms with E-state index in [9.17, 15) is 8.42 Å². The molecule has 0 fully saturated rings. The van der Waals surface area contributed by atoms with Gasteiger partial charge in [-0.25, -0.2) is 13.1 Å². The zero-order valence-corrected chi connectivity index (χ0v) is 11.4. The average Bonchev–Trinajstić information content (AvgIpc) is 2.99. The molecule has 0 saturated heterocycles. The normalized spacial score (nSPS) is 18.5. The molecule has 0 amide bonds. The summed E-state index contributed by atoms with van der Waals surface area (Å²) in [6.07, 6.45) is 4.41. The number of hydrogen-bond acceptors (Lipinski definition) is 3. The zero-order valence-electron chi connectivity index (χ0n) is 10.6. The van der Waals surface area contributed by atoms with E-state index < -0.39 is 10.0 Å². The van der Waals surface area contributed by atoms with Gasteiger partial charge in [0.2, 0.25) is 10.0 Å². The van der Waals surface area contributed by atoms with Crippen LogP contribution in [0.4, 0.5) is 0 Å². The van der Waals surface area contributed by atoms with Gasteiger partial charge in [0, 0.05) is 12.2 Å². The molecule has 0 aliphatic heterocycles. The first-order chi connectivity index (χ1) is 9.06. The number of aromatic nitrogens is 2. The fourth-order valence-corrected chi connectivity index (χ4v) is 3.64. The molecule has 1 unspecified atom stereocenters. The number of aryl methyl sites for hydroxylation is 2. The second-order valence-electron chi connectivity index (χ2n) is 4.85. The van der Waals surface area contributed by atoms with Gasteiger partial charge in [0.05, 0.1) is 6.20 Å². The Balaban J connectivity index is 1.89. The molecule has 2 N–H and O–H groups in total. The van der Waals surface area contributed by atoms with E-state index in [4.69, 9.17) is 0 Å². The quantitative estimate of drug-likeness (QED) is 0.896. The first kappa shape index (κ1) is 12.4. The maximum absolute atomic E-state index is 12.2. The van der Waals surface area contributed by atoms with Crippen LogP contribution in [0, 0.1) is 6.92 Å². The second-order valence-corrected chi connectivity index (χ2v) is 6.56. The van der Waals surface area contributed by atoms with Crippen LogP contribution >= 0.6 is 0 Å². The maximum atomic E-state index is 12.2. The molecule has 2 aromatic rings. The Morgan fingerprint density at radius 1 is 1.42 bits per heavy atom. The van der Waals surface area contributed by atoms with Gasteiger partial charge < -0.3 is 0 Å². The third-order valence-corrected chi connectivity index (χ3v) is 4.90. The van der Waals surface area contributed by atoms with Gasteiger partial charge in [0.15, 0.2) is 0 Å². The van der Waals surface area contributed by atoms with Crippen molar-refractivity contribution >= 4 is 10.0 Å². The number of fused-ring (bicyclic) bond motifs is 1. The van der Waals surface area contributed by atoms with E-state index in [1.165, 1.54) is 18.0 Å². The van der Waals surface area contributed by atoms with Gasteiger partial charge in [-0.15, -0.1) is 0 Å². The molecule has 6 heteroatoms. The highest BCUT2D eigenvalue weighted by Gasteiger charge is 2.27. The fraction of sp³-hybridized carbons (Fsp3) is 0.308. The summed E-state index contributed by atoms with van der Waals surface area (Å²) in [4.78, 5) is 0.175. The number of aromatic amines is 1. The smallest absolute Gasteiger partial charge is 0.244 e. The Hall–Kier alpha value is -1.66. The Morgan fingerprint density at radius 2 is 2.26 bits per heavy atom. The highest BCUT2D eigenvalue weighted by molar-refractivity contribution is 7.89. The lowest BCUT2D eigenvalue weighted by Gasteiger charge is -2.14. The summed E-state index contributed by atoms with van der Waals surface area (Å²) in [6.45, 7) is 2.01. The standard InChI is InChI=1S/C13H15N3O2S/c1-9-2-3-10-4-5-13(12(10)6-9)16-19(17,18)11-7-14-15-8-11/h2-3,6-8,13,16H,4-5H2,1H3,(H,14,15). The molecule has 1 aliphatic rings. The Kier molecular flexibility index (Phi) is 2.91. The molecule has 0 spiro atoms. The molecule has 3 rings (SSSR count). The molecule has 0 saturated carbocycles. The minimum Gasteiger partial charge on any atom is -0.284 e. The van der Waals surface area contributed by atoms with Crippen LogP contribution < -0.4 is 4.72 Å². The third-order valence-electron chi connectivity index (χ3n) is 3.46. The van der Waals surface area contributed by atoms with Crippen molar-refractivity contribution in [1.29, 1.82) is 0 Å². The molecule has 0 radical (unpaired) electrons. The third kappa shape index (κ3) is 2.29. The van der Waals surface area contributed by atoms with Crippen LogP contribution in [0.25, 0.3) is 0 Å². The van der Waals surface area contributed by atoms with Crippen molar-refractivity contribution in [3.63, 3.8) is 0 Å². The maximum Gasteiger partial charge on any atom is 0.244 e. The summed E-state index contributed by atoms with van der Waals surface area (Å²) in [5, 5.41) is 6.20. The highest BCUT2D eigenvalue weighted by atomic mass is 32.2. The molecular weight excluding hydrogens is 262 g/mol. The largest absolute Gasteiger partial charge is 0.284 e. The summed E-state index contributed by atoms with van der Waals surface area (Å²) in [7, 11) is -3.50. The predicted octanol–water partition coefficient (Wildman–Crippen LogP) is 1.68. The molecule has 1 aromatic heterocycles. The summed E-state index contributed by atoms with van der Waals surface area (Å²) in [6, 6.07) is 6.06. The molecule has 1 aliphatic carbocycles. The summed E-state index contributed by atoms with van der Waals surface area (Å²) < 4.78 is 27.1. The molecule has 0 bridgehead atoms. The first-order valence-electron chi connectivity index (χ1n) is 6.17. The van der Waals surface area contributed by atoms with Crippen LogP contribution in [0.2, 0.25) is 0 Å². The molecule has 5 nitrogen and oxygen atoms in total. The number of nitrogens with one attached hydrogen (secondary N) is 2. The van der Waals surface area contributed by atoms with Gasteiger partial charge in [0.1, 0.15) is 4.90 Å². The Labute approximate surface area is 112 Å². The van der Waals surface area contributed by atoms with Crippen molar-refractivity contribution in [2.45, 2.75) is 30.7 Å². The lowest BCUT2D eigenvalue weighted by Crippen LogP contribution is -2.27. The van der Waals surface area contributed by atoms with Gasteiger partial charge in [-0.1, -0.05) is 23.8 Å². The SMILES string of the molecule is Cc1ccc2c(c1)C(NS(=O)(=O)c1cn[nH]c1)CC2. The minimum absolute atomic E-state index is 0.144. The Morgan fingerprint density at radius 3 is 3.00 bits per heavy atom. The Bertz CT molecular complexity index is 693. The van der Waals surface area contributed by atoms with Gasteiger partial charge in [-0.3, -0.25) is 5.10 Å². The molecule has 1 heterocycles. The first-order valence-corrected chi connectivity index (χ1v) is 7.65. The van der Waals surface area contributed by atoms with Crippen LogP contribution in [-0.2, 0) is 16.4 Å². The van der Waals surface area contributed by atoms with E-state index in [0.717, 1.165) is 24.0 Å². The predicted molar refractivity (Wildman–Crippen MR) is 71.2 cm³/mol. The monoisotopic (exact) mass is 277 g/mol. The molecular formula is C13H15N3O2S. The van der Waals surface area contributed by atoms with Crippen LogP contribution in [0.3, 0.4) is 0 Å². The molecule has 100 valence electrons. The molecule has 1 atom stereocenters. The fourth-order valence-electron chi connectivity index (χ4n) is 2.49. The van der Waals surface area contributed by atoms with Crippen molar-refractivity contribution in [1.82, 2.24) is 14.9 Å². The van der Waals surface area contributed by atoms with Crippen molar-refractivity contribution in [2.24, 2.45) is 0 Å². The molecule has 1 aromatic carbocycles. The van der Waals surface area contributed by atoms with E-state index >= 15 is 0 Å². The minimum atomic E-state index is -3.50. The van der Waals surface area contributed by atoms with Crippen molar-refractivity contribution < 1.29 is 8.42 Å². The number of nitrogens with zero attached hydrogens (tertiary/aromatic N) is 1. The molecule has 19 heavy (non-hydrogen) atoms. The van der Waals surface area contributed by atoms with Crippen LogP contribution in [0.1, 0.15) is 29.2 Å².